The van der Waals surface area contributed by atoms with E-state index in [-0.39, 0.29) is 0 Å². The third kappa shape index (κ3) is 2.25. The van der Waals surface area contributed by atoms with Crippen LogP contribution in [-0.2, 0) is 6.42 Å². The molecule has 0 atom stereocenters. The van der Waals surface area contributed by atoms with Crippen molar-refractivity contribution in [1.29, 1.82) is 0 Å². The number of allylic oxidation sites excluding steroid dienone is 1. The van der Waals surface area contributed by atoms with Crippen LogP contribution in [0, 0.1) is 0 Å². The fraction of sp³-hybridized carbons (Fsp3) is 0.273. The van der Waals surface area contributed by atoms with E-state index >= 15 is 0 Å². The normalized spacial score (nSPS) is 9.38. The summed E-state index contributed by atoms with van der Waals surface area (Å²) in [5.41, 5.74) is 1.09. The van der Waals surface area contributed by atoms with Crippen molar-refractivity contribution in [2.45, 2.75) is 6.42 Å². The number of hydrogen-bond donors (Lipinski definition) is 0. The van der Waals surface area contributed by atoms with Gasteiger partial charge in [0.25, 0.3) is 0 Å². The summed E-state index contributed by atoms with van der Waals surface area (Å²) < 4.78 is 10.3. The topological polar surface area (TPSA) is 18.5 Å². The number of rotatable bonds is 4. The first-order chi connectivity index (χ1) is 6.31. The van der Waals surface area contributed by atoms with Gasteiger partial charge in [-0.1, -0.05) is 6.08 Å². The largest absolute Gasteiger partial charge is 0.497 e. The molecule has 2 nitrogen and oxygen atoms in total. The minimum Gasteiger partial charge on any atom is -0.497 e. The van der Waals surface area contributed by atoms with Crippen molar-refractivity contribution < 1.29 is 9.47 Å². The monoisotopic (exact) mass is 178 g/mol. The van der Waals surface area contributed by atoms with Gasteiger partial charge in [-0.05, 0) is 24.6 Å². The van der Waals surface area contributed by atoms with Crippen molar-refractivity contribution in [1.82, 2.24) is 0 Å². The van der Waals surface area contributed by atoms with Crippen LogP contribution in [0.4, 0.5) is 0 Å². The zero-order chi connectivity index (χ0) is 9.68. The van der Waals surface area contributed by atoms with Crippen LogP contribution in [0.2, 0.25) is 0 Å². The van der Waals surface area contributed by atoms with E-state index in [0.717, 1.165) is 23.5 Å². The Hall–Kier alpha value is -1.44. The molecule has 0 bridgehead atoms. The Kier molecular flexibility index (Phi) is 3.38. The number of benzene rings is 1. The lowest BCUT2D eigenvalue weighted by Crippen LogP contribution is -1.92. The van der Waals surface area contributed by atoms with Gasteiger partial charge in [0.2, 0.25) is 0 Å². The van der Waals surface area contributed by atoms with Gasteiger partial charge in [0.1, 0.15) is 11.5 Å². The highest BCUT2D eigenvalue weighted by molar-refractivity contribution is 5.41. The third-order valence-corrected chi connectivity index (χ3v) is 1.85. The van der Waals surface area contributed by atoms with E-state index < -0.39 is 0 Å². The summed E-state index contributed by atoms with van der Waals surface area (Å²) >= 11 is 0. The van der Waals surface area contributed by atoms with Gasteiger partial charge in [0, 0.05) is 5.56 Å². The second kappa shape index (κ2) is 4.55. The van der Waals surface area contributed by atoms with E-state index in [1.54, 1.807) is 14.2 Å². The summed E-state index contributed by atoms with van der Waals surface area (Å²) in [6, 6.07) is 5.74. The van der Waals surface area contributed by atoms with E-state index in [2.05, 4.69) is 6.58 Å². The number of hydrogen-bond acceptors (Lipinski definition) is 2. The van der Waals surface area contributed by atoms with Crippen LogP contribution in [0.25, 0.3) is 0 Å². The lowest BCUT2D eigenvalue weighted by atomic mass is 10.1. The maximum absolute atomic E-state index is 5.19. The molecular formula is C11H14O2. The predicted molar refractivity (Wildman–Crippen MR) is 53.4 cm³/mol. The van der Waals surface area contributed by atoms with Crippen LogP contribution >= 0.6 is 0 Å². The molecule has 0 amide bonds. The van der Waals surface area contributed by atoms with Crippen molar-refractivity contribution in [2.24, 2.45) is 0 Å². The smallest absolute Gasteiger partial charge is 0.122 e. The Bertz CT molecular complexity index is 292. The molecule has 1 rings (SSSR count). The maximum Gasteiger partial charge on any atom is 0.122 e. The molecule has 1 aromatic carbocycles. The first kappa shape index (κ1) is 9.65. The number of ether oxygens (including phenoxy) is 2. The Morgan fingerprint density at radius 2 is 2.08 bits per heavy atom. The second-order valence-electron chi connectivity index (χ2n) is 2.67. The van der Waals surface area contributed by atoms with Gasteiger partial charge >= 0.3 is 0 Å². The molecule has 0 aliphatic heterocycles. The van der Waals surface area contributed by atoms with Crippen LogP contribution in [0.15, 0.2) is 30.9 Å². The Morgan fingerprint density at radius 3 is 2.62 bits per heavy atom. The van der Waals surface area contributed by atoms with E-state index in [9.17, 15) is 0 Å². The Balaban J connectivity index is 3.01. The minimum absolute atomic E-state index is 0.792. The molecule has 0 spiro atoms. The second-order valence-corrected chi connectivity index (χ2v) is 2.67. The van der Waals surface area contributed by atoms with Crippen LogP contribution in [0.5, 0.6) is 11.5 Å². The summed E-state index contributed by atoms with van der Waals surface area (Å²) in [5, 5.41) is 0. The summed E-state index contributed by atoms with van der Waals surface area (Å²) in [6.45, 7) is 3.69. The molecular weight excluding hydrogens is 164 g/mol. The molecule has 1 aromatic rings. The molecule has 0 saturated heterocycles. The lowest BCUT2D eigenvalue weighted by molar-refractivity contribution is 0.399. The fourth-order valence-corrected chi connectivity index (χ4v) is 1.20. The standard InChI is InChI=1S/C11H14O2/c1-4-5-9-8-10(12-2)6-7-11(9)13-3/h4,6-8H,1,5H2,2-3H3. The molecule has 70 valence electrons. The average Bonchev–Trinajstić information content (AvgIpc) is 2.18. The predicted octanol–water partition coefficient (Wildman–Crippen LogP) is 2.43. The highest BCUT2D eigenvalue weighted by atomic mass is 16.5. The van der Waals surface area contributed by atoms with Gasteiger partial charge in [0.15, 0.2) is 0 Å². The average molecular weight is 178 g/mol. The highest BCUT2D eigenvalue weighted by Gasteiger charge is 2.02. The molecule has 0 aromatic heterocycles. The Labute approximate surface area is 78.8 Å². The zero-order valence-corrected chi connectivity index (χ0v) is 8.04. The molecule has 0 unspecified atom stereocenters. The first-order valence-corrected chi connectivity index (χ1v) is 4.13. The van der Waals surface area contributed by atoms with E-state index in [1.807, 2.05) is 24.3 Å². The van der Waals surface area contributed by atoms with Crippen molar-refractivity contribution in [2.75, 3.05) is 14.2 Å². The van der Waals surface area contributed by atoms with Crippen molar-refractivity contribution in [3.8, 4) is 11.5 Å². The third-order valence-electron chi connectivity index (χ3n) is 1.85. The molecule has 13 heavy (non-hydrogen) atoms. The van der Waals surface area contributed by atoms with Gasteiger partial charge < -0.3 is 9.47 Å². The van der Waals surface area contributed by atoms with Crippen LogP contribution in [0.3, 0.4) is 0 Å². The van der Waals surface area contributed by atoms with Gasteiger partial charge in [-0.15, -0.1) is 6.58 Å². The molecule has 0 N–H and O–H groups in total. The van der Waals surface area contributed by atoms with Crippen molar-refractivity contribution >= 4 is 0 Å². The molecule has 0 radical (unpaired) electrons. The minimum atomic E-state index is 0.792. The SMILES string of the molecule is C=CCc1cc(OC)ccc1OC. The van der Waals surface area contributed by atoms with Gasteiger partial charge in [-0.2, -0.15) is 0 Å². The zero-order valence-electron chi connectivity index (χ0n) is 8.04. The van der Waals surface area contributed by atoms with Crippen LogP contribution < -0.4 is 9.47 Å². The summed E-state index contributed by atoms with van der Waals surface area (Å²) in [7, 11) is 3.31. The van der Waals surface area contributed by atoms with Crippen molar-refractivity contribution in [3.63, 3.8) is 0 Å². The summed E-state index contributed by atoms with van der Waals surface area (Å²) in [6.07, 6.45) is 2.64. The number of methoxy groups -OCH3 is 2. The molecule has 2 heteroatoms. The summed E-state index contributed by atoms with van der Waals surface area (Å²) in [4.78, 5) is 0. The molecule has 0 aliphatic carbocycles. The van der Waals surface area contributed by atoms with Crippen molar-refractivity contribution in [3.05, 3.63) is 36.4 Å². The van der Waals surface area contributed by atoms with Crippen LogP contribution in [0.1, 0.15) is 5.56 Å². The van der Waals surface area contributed by atoms with E-state index in [1.165, 1.54) is 0 Å². The maximum atomic E-state index is 5.19. The van der Waals surface area contributed by atoms with E-state index in [4.69, 9.17) is 9.47 Å². The van der Waals surface area contributed by atoms with Gasteiger partial charge in [0.05, 0.1) is 14.2 Å². The van der Waals surface area contributed by atoms with Gasteiger partial charge in [-0.25, -0.2) is 0 Å². The summed E-state index contributed by atoms with van der Waals surface area (Å²) in [5.74, 6) is 1.72. The molecule has 0 aliphatic rings. The van der Waals surface area contributed by atoms with Crippen LogP contribution in [-0.4, -0.2) is 14.2 Å². The quantitative estimate of drug-likeness (QED) is 0.659. The molecule has 0 heterocycles. The first-order valence-electron chi connectivity index (χ1n) is 4.13. The molecule has 0 saturated carbocycles. The fourth-order valence-electron chi connectivity index (χ4n) is 1.20. The molecule has 0 fully saturated rings. The lowest BCUT2D eigenvalue weighted by Gasteiger charge is -2.08. The highest BCUT2D eigenvalue weighted by Crippen LogP contribution is 2.24. The van der Waals surface area contributed by atoms with E-state index in [0.29, 0.717) is 0 Å². The van der Waals surface area contributed by atoms with Gasteiger partial charge in [-0.3, -0.25) is 0 Å². The Morgan fingerprint density at radius 1 is 1.31 bits per heavy atom.